The van der Waals surface area contributed by atoms with E-state index in [1.807, 2.05) is 0 Å². The van der Waals surface area contributed by atoms with E-state index in [4.69, 9.17) is 0 Å². The molecule has 0 saturated heterocycles. The summed E-state index contributed by atoms with van der Waals surface area (Å²) in [5, 5.41) is 9.49. The summed E-state index contributed by atoms with van der Waals surface area (Å²) in [5.41, 5.74) is 0.126. The maximum absolute atomic E-state index is 12.9. The quantitative estimate of drug-likeness (QED) is 0.722. The summed E-state index contributed by atoms with van der Waals surface area (Å²) < 4.78 is 25.8. The van der Waals surface area contributed by atoms with E-state index < -0.39 is 14.6 Å². The molecule has 1 spiro atoms. The Morgan fingerprint density at radius 1 is 1.20 bits per heavy atom. The molecule has 0 unspecified atom stereocenters. The molecule has 1 aromatic rings. The number of nitrogens with zero attached hydrogens (tertiary/aromatic N) is 1. The van der Waals surface area contributed by atoms with Crippen molar-refractivity contribution in [2.45, 2.75) is 41.7 Å². The molecule has 2 saturated carbocycles. The summed E-state index contributed by atoms with van der Waals surface area (Å²) in [4.78, 5) is 0.211. The lowest BCUT2D eigenvalue weighted by molar-refractivity contribution is 0.0114. The number of hydrogen-bond donors (Lipinski definition) is 0. The summed E-state index contributed by atoms with van der Waals surface area (Å²) in [6, 6.07) is 7.14. The zero-order valence-corrected chi connectivity index (χ0v) is 14.7. The highest BCUT2D eigenvalue weighted by atomic mass is 79.9. The molecule has 0 heterocycles. The van der Waals surface area contributed by atoms with E-state index in [2.05, 4.69) is 37.9 Å². The van der Waals surface area contributed by atoms with Crippen LogP contribution in [0, 0.1) is 16.7 Å². The van der Waals surface area contributed by atoms with Gasteiger partial charge in [0.15, 0.2) is 14.6 Å². The van der Waals surface area contributed by atoms with E-state index in [0.29, 0.717) is 21.8 Å². The fraction of sp³-hybridized carbons (Fsp3) is 0.500. The first-order chi connectivity index (χ1) is 9.34. The molecule has 0 N–H and O–H groups in total. The van der Waals surface area contributed by atoms with Gasteiger partial charge < -0.3 is 0 Å². The lowest BCUT2D eigenvalue weighted by Gasteiger charge is -2.57. The largest absolute Gasteiger partial charge is 0.222 e. The first-order valence-electron chi connectivity index (χ1n) is 6.45. The van der Waals surface area contributed by atoms with Crippen molar-refractivity contribution in [2.24, 2.45) is 5.41 Å². The van der Waals surface area contributed by atoms with Crippen molar-refractivity contribution < 1.29 is 8.42 Å². The van der Waals surface area contributed by atoms with Crippen molar-refractivity contribution in [3.05, 3.63) is 27.1 Å². The first-order valence-corrected chi connectivity index (χ1v) is 9.52. The highest BCUT2D eigenvalue weighted by Gasteiger charge is 2.64. The number of hydrogen-bond acceptors (Lipinski definition) is 3. The Labute approximate surface area is 135 Å². The second-order valence-corrected chi connectivity index (χ2v) is 9.89. The molecule has 0 aromatic heterocycles. The molecular weight excluding hydrogens is 406 g/mol. The van der Waals surface area contributed by atoms with Gasteiger partial charge in [-0.1, -0.05) is 22.4 Å². The van der Waals surface area contributed by atoms with Gasteiger partial charge >= 0.3 is 0 Å². The summed E-state index contributed by atoms with van der Waals surface area (Å²) in [6.45, 7) is 0. The second-order valence-electron chi connectivity index (χ2n) is 5.89. The summed E-state index contributed by atoms with van der Waals surface area (Å²) in [7, 11) is -3.65. The summed E-state index contributed by atoms with van der Waals surface area (Å²) in [6.07, 6.45) is 4.24. The van der Waals surface area contributed by atoms with E-state index in [1.165, 1.54) is 0 Å². The highest BCUT2D eigenvalue weighted by Crippen LogP contribution is 2.63. The first kappa shape index (κ1) is 14.6. The fourth-order valence-corrected chi connectivity index (χ4v) is 6.95. The average Bonchev–Trinajstić information content (AvgIpc) is 2.29. The molecule has 2 aliphatic carbocycles. The summed E-state index contributed by atoms with van der Waals surface area (Å²) in [5.74, 6) is 0. The van der Waals surface area contributed by atoms with Crippen molar-refractivity contribution in [3.8, 4) is 6.07 Å². The molecule has 106 valence electrons. The van der Waals surface area contributed by atoms with Crippen LogP contribution in [0.15, 0.2) is 32.0 Å². The van der Waals surface area contributed by atoms with Crippen LogP contribution < -0.4 is 0 Å². The molecule has 6 heteroatoms. The van der Waals surface area contributed by atoms with E-state index >= 15 is 0 Å². The maximum Gasteiger partial charge on any atom is 0.198 e. The Morgan fingerprint density at radius 3 is 2.35 bits per heavy atom. The van der Waals surface area contributed by atoms with Crippen molar-refractivity contribution in [1.29, 1.82) is 5.26 Å². The second kappa shape index (κ2) is 4.56. The number of sulfone groups is 1. The van der Waals surface area contributed by atoms with Crippen LogP contribution in [-0.2, 0) is 9.84 Å². The van der Waals surface area contributed by atoms with Crippen LogP contribution in [0.5, 0.6) is 0 Å². The Bertz CT molecular complexity index is 709. The average molecular weight is 419 g/mol. The molecule has 20 heavy (non-hydrogen) atoms. The van der Waals surface area contributed by atoms with Crippen LogP contribution >= 0.6 is 31.9 Å². The molecule has 3 nitrogen and oxygen atoms in total. The van der Waals surface area contributed by atoms with E-state index in [9.17, 15) is 13.7 Å². The lowest BCUT2D eigenvalue weighted by atomic mass is 9.52. The Hall–Kier alpha value is -0.380. The van der Waals surface area contributed by atoms with Gasteiger partial charge in [-0.25, -0.2) is 8.42 Å². The SMILES string of the molecule is N#CC1(S(=O)(=O)c2cc(Br)ccc2Br)CC2(CCC2)C1. The number of benzene rings is 1. The van der Waals surface area contributed by atoms with Crippen molar-refractivity contribution in [2.75, 3.05) is 0 Å². The van der Waals surface area contributed by atoms with Crippen molar-refractivity contribution in [1.82, 2.24) is 0 Å². The molecule has 0 amide bonds. The topological polar surface area (TPSA) is 57.9 Å². The van der Waals surface area contributed by atoms with Gasteiger partial charge in [0.1, 0.15) is 0 Å². The van der Waals surface area contributed by atoms with Crippen LogP contribution in [0.3, 0.4) is 0 Å². The van der Waals surface area contributed by atoms with Crippen LogP contribution in [0.4, 0.5) is 0 Å². The van der Waals surface area contributed by atoms with Gasteiger partial charge in [-0.15, -0.1) is 0 Å². The highest BCUT2D eigenvalue weighted by molar-refractivity contribution is 9.11. The third-order valence-corrected chi connectivity index (χ3v) is 8.41. The minimum Gasteiger partial charge on any atom is -0.222 e. The maximum atomic E-state index is 12.9. The van der Waals surface area contributed by atoms with Gasteiger partial charge in [0.25, 0.3) is 0 Å². The molecule has 0 atom stereocenters. The Morgan fingerprint density at radius 2 is 1.85 bits per heavy atom. The van der Waals surface area contributed by atoms with Crippen molar-refractivity contribution >= 4 is 41.7 Å². The normalized spacial score (nSPS) is 22.6. The van der Waals surface area contributed by atoms with Gasteiger partial charge in [0.05, 0.1) is 11.0 Å². The number of nitriles is 1. The van der Waals surface area contributed by atoms with Crippen molar-refractivity contribution in [3.63, 3.8) is 0 Å². The standard InChI is InChI=1S/C14H13Br2NO2S/c15-10-2-3-11(16)12(6-10)20(18,19)14(9-17)7-13(8-14)4-1-5-13/h2-3,6H,1,4-5,7-8H2. The zero-order chi connectivity index (χ0) is 14.6. The zero-order valence-electron chi connectivity index (χ0n) is 10.7. The van der Waals surface area contributed by atoms with E-state index in [0.717, 1.165) is 19.3 Å². The van der Waals surface area contributed by atoms with E-state index in [1.54, 1.807) is 18.2 Å². The molecule has 0 radical (unpaired) electrons. The molecule has 1 aromatic carbocycles. The molecule has 0 aliphatic heterocycles. The minimum atomic E-state index is -3.65. The molecule has 3 rings (SSSR count). The fourth-order valence-electron chi connectivity index (χ4n) is 3.41. The van der Waals surface area contributed by atoms with Gasteiger partial charge in [0, 0.05) is 8.95 Å². The molecular formula is C14H13Br2NO2S. The van der Waals surface area contributed by atoms with E-state index in [-0.39, 0.29) is 10.3 Å². The molecule has 2 fully saturated rings. The van der Waals surface area contributed by atoms with Gasteiger partial charge in [-0.3, -0.25) is 0 Å². The predicted octanol–water partition coefficient (Wildman–Crippen LogP) is 4.21. The number of rotatable bonds is 2. The molecule has 2 aliphatic rings. The minimum absolute atomic E-state index is 0.126. The Kier molecular flexibility index (Phi) is 3.32. The monoisotopic (exact) mass is 417 g/mol. The third-order valence-electron chi connectivity index (χ3n) is 4.64. The predicted molar refractivity (Wildman–Crippen MR) is 82.9 cm³/mol. The third kappa shape index (κ3) is 1.90. The van der Waals surface area contributed by atoms with Crippen LogP contribution in [0.25, 0.3) is 0 Å². The smallest absolute Gasteiger partial charge is 0.198 e. The van der Waals surface area contributed by atoms with Gasteiger partial charge in [0.2, 0.25) is 0 Å². The Balaban J connectivity index is 2.03. The lowest BCUT2D eigenvalue weighted by Crippen LogP contribution is -2.58. The molecule has 0 bridgehead atoms. The van der Waals surface area contributed by atoms with Crippen LogP contribution in [0.2, 0.25) is 0 Å². The summed E-state index contributed by atoms with van der Waals surface area (Å²) >= 11 is 6.59. The van der Waals surface area contributed by atoms with Crippen LogP contribution in [-0.4, -0.2) is 13.2 Å². The van der Waals surface area contributed by atoms with Crippen LogP contribution in [0.1, 0.15) is 32.1 Å². The van der Waals surface area contributed by atoms with Gasteiger partial charge in [-0.2, -0.15) is 5.26 Å². The van der Waals surface area contributed by atoms with Gasteiger partial charge in [-0.05, 0) is 65.2 Å². The number of halogens is 2.